The van der Waals surface area contributed by atoms with Crippen molar-refractivity contribution in [2.45, 2.75) is 27.7 Å². The van der Waals surface area contributed by atoms with Gasteiger partial charge in [0.25, 0.3) is 5.91 Å². The molecule has 160 valence electrons. The molecule has 6 nitrogen and oxygen atoms in total. The fourth-order valence-corrected chi connectivity index (χ4v) is 3.43. The van der Waals surface area contributed by atoms with E-state index < -0.39 is 5.97 Å². The van der Waals surface area contributed by atoms with Crippen LogP contribution in [0.2, 0.25) is 0 Å². The van der Waals surface area contributed by atoms with Crippen LogP contribution in [0.5, 0.6) is 0 Å². The molecule has 3 aromatic rings. The van der Waals surface area contributed by atoms with Gasteiger partial charge in [0.15, 0.2) is 6.61 Å². The molecule has 0 radical (unpaired) electrons. The summed E-state index contributed by atoms with van der Waals surface area (Å²) in [6.07, 6.45) is 0. The predicted octanol–water partition coefficient (Wildman–Crippen LogP) is 3.87. The van der Waals surface area contributed by atoms with E-state index in [2.05, 4.69) is 31.3 Å². The molecule has 0 saturated carbocycles. The number of esters is 1. The summed E-state index contributed by atoms with van der Waals surface area (Å²) in [4.78, 5) is 36.6. The standard InChI is InChI=1S/C25H26N2O4/c1-16-10-11-21(12-17(16)2)27-18(3)13-22(19(27)4)23(28)15-31-24(29)14-26-25(30)20-8-6-5-7-9-20/h5-13H,14-15H2,1-4H3,(H,26,30). The molecule has 0 aliphatic carbocycles. The maximum Gasteiger partial charge on any atom is 0.325 e. The Labute approximate surface area is 181 Å². The van der Waals surface area contributed by atoms with E-state index in [4.69, 9.17) is 4.74 Å². The Bertz CT molecular complexity index is 1130. The third kappa shape index (κ3) is 5.09. The summed E-state index contributed by atoms with van der Waals surface area (Å²) in [7, 11) is 0. The molecule has 0 atom stereocenters. The van der Waals surface area contributed by atoms with Crippen molar-refractivity contribution in [3.8, 4) is 5.69 Å². The highest BCUT2D eigenvalue weighted by Crippen LogP contribution is 2.23. The highest BCUT2D eigenvalue weighted by Gasteiger charge is 2.18. The van der Waals surface area contributed by atoms with Crippen LogP contribution < -0.4 is 5.32 Å². The number of nitrogens with one attached hydrogen (secondary N) is 1. The van der Waals surface area contributed by atoms with E-state index in [9.17, 15) is 14.4 Å². The summed E-state index contributed by atoms with van der Waals surface area (Å²) in [5.41, 5.74) is 6.03. The monoisotopic (exact) mass is 418 g/mol. The van der Waals surface area contributed by atoms with E-state index in [1.165, 1.54) is 11.1 Å². The summed E-state index contributed by atoms with van der Waals surface area (Å²) >= 11 is 0. The molecule has 0 fully saturated rings. The number of rotatable bonds is 7. The lowest BCUT2D eigenvalue weighted by molar-refractivity contribution is -0.141. The normalized spacial score (nSPS) is 10.6. The molecule has 0 bridgehead atoms. The first-order valence-corrected chi connectivity index (χ1v) is 10.1. The number of carbonyl (C=O) groups excluding carboxylic acids is 3. The number of hydrogen-bond donors (Lipinski definition) is 1. The zero-order valence-electron chi connectivity index (χ0n) is 18.2. The number of ether oxygens (including phenoxy) is 1. The van der Waals surface area contributed by atoms with Crippen molar-refractivity contribution in [2.75, 3.05) is 13.2 Å². The second-order valence-corrected chi connectivity index (χ2v) is 7.52. The number of amides is 1. The van der Waals surface area contributed by atoms with Gasteiger partial charge in [-0.1, -0.05) is 24.3 Å². The van der Waals surface area contributed by atoms with Gasteiger partial charge in [0, 0.05) is 28.2 Å². The maximum atomic E-state index is 12.7. The van der Waals surface area contributed by atoms with Gasteiger partial charge in [-0.2, -0.15) is 0 Å². The molecule has 6 heteroatoms. The molecule has 1 N–H and O–H groups in total. The third-order valence-corrected chi connectivity index (χ3v) is 5.27. The number of ketones is 1. The fourth-order valence-electron chi connectivity index (χ4n) is 3.43. The lowest BCUT2D eigenvalue weighted by atomic mass is 10.1. The molecule has 0 aliphatic rings. The van der Waals surface area contributed by atoms with Gasteiger partial charge >= 0.3 is 5.97 Å². The summed E-state index contributed by atoms with van der Waals surface area (Å²) in [6, 6.07) is 16.5. The van der Waals surface area contributed by atoms with Gasteiger partial charge in [-0.05, 0) is 69.2 Å². The van der Waals surface area contributed by atoms with E-state index in [-0.39, 0.29) is 24.8 Å². The van der Waals surface area contributed by atoms with Crippen LogP contribution in [-0.4, -0.2) is 35.4 Å². The Morgan fingerprint density at radius 2 is 1.61 bits per heavy atom. The second kappa shape index (κ2) is 9.43. The number of nitrogens with zero attached hydrogens (tertiary/aromatic N) is 1. The smallest absolute Gasteiger partial charge is 0.325 e. The molecule has 1 amide bonds. The van der Waals surface area contributed by atoms with Crippen LogP contribution in [-0.2, 0) is 9.53 Å². The first kappa shape index (κ1) is 22.0. The van der Waals surface area contributed by atoms with Gasteiger partial charge in [0.05, 0.1) is 0 Å². The first-order chi connectivity index (χ1) is 14.8. The minimum atomic E-state index is -0.666. The molecule has 1 heterocycles. The molecule has 0 saturated heterocycles. The topological polar surface area (TPSA) is 77.4 Å². The highest BCUT2D eigenvalue weighted by atomic mass is 16.5. The molecular weight excluding hydrogens is 392 g/mol. The molecule has 31 heavy (non-hydrogen) atoms. The number of Topliss-reactive ketones (excluding diaryl/α,β-unsaturated/α-hetero) is 1. The third-order valence-electron chi connectivity index (χ3n) is 5.27. The van der Waals surface area contributed by atoms with Gasteiger partial charge in [-0.15, -0.1) is 0 Å². The van der Waals surface area contributed by atoms with Crippen LogP contribution in [0.4, 0.5) is 0 Å². The van der Waals surface area contributed by atoms with Crippen LogP contribution in [0.1, 0.15) is 43.2 Å². The largest absolute Gasteiger partial charge is 0.456 e. The Kier molecular flexibility index (Phi) is 6.70. The SMILES string of the molecule is Cc1ccc(-n2c(C)cc(C(=O)COC(=O)CNC(=O)c3ccccc3)c2C)cc1C. The van der Waals surface area contributed by atoms with E-state index in [0.717, 1.165) is 17.1 Å². The van der Waals surface area contributed by atoms with E-state index in [0.29, 0.717) is 11.1 Å². The van der Waals surface area contributed by atoms with Crippen LogP contribution in [0, 0.1) is 27.7 Å². The Balaban J connectivity index is 1.61. The highest BCUT2D eigenvalue weighted by molar-refractivity contribution is 6.00. The lowest BCUT2D eigenvalue weighted by Crippen LogP contribution is -2.31. The number of hydrogen-bond acceptors (Lipinski definition) is 4. The zero-order valence-corrected chi connectivity index (χ0v) is 18.2. The zero-order chi connectivity index (χ0) is 22.5. The fraction of sp³-hybridized carbons (Fsp3) is 0.240. The number of carbonyl (C=O) groups is 3. The van der Waals surface area contributed by atoms with Gasteiger partial charge in [0.1, 0.15) is 6.54 Å². The molecule has 0 aliphatic heterocycles. The molecule has 1 aromatic heterocycles. The Morgan fingerprint density at radius 1 is 0.903 bits per heavy atom. The van der Waals surface area contributed by atoms with Gasteiger partial charge in [-0.3, -0.25) is 14.4 Å². The van der Waals surface area contributed by atoms with Crippen molar-refractivity contribution in [2.24, 2.45) is 0 Å². The van der Waals surface area contributed by atoms with Crippen molar-refractivity contribution >= 4 is 17.7 Å². The van der Waals surface area contributed by atoms with Gasteiger partial charge in [0.2, 0.25) is 5.78 Å². The average molecular weight is 418 g/mol. The summed E-state index contributed by atoms with van der Waals surface area (Å²) in [5.74, 6) is -1.33. The molecule has 2 aromatic carbocycles. The average Bonchev–Trinajstić information content (AvgIpc) is 3.07. The van der Waals surface area contributed by atoms with Crippen molar-refractivity contribution < 1.29 is 19.1 Å². The van der Waals surface area contributed by atoms with Crippen molar-refractivity contribution in [3.05, 3.63) is 88.2 Å². The van der Waals surface area contributed by atoms with E-state index in [1.54, 1.807) is 36.4 Å². The van der Waals surface area contributed by atoms with Crippen molar-refractivity contribution in [1.82, 2.24) is 9.88 Å². The quantitative estimate of drug-likeness (QED) is 0.467. The molecule has 0 spiro atoms. The maximum absolute atomic E-state index is 12.7. The van der Waals surface area contributed by atoms with Crippen molar-refractivity contribution in [1.29, 1.82) is 0 Å². The summed E-state index contributed by atoms with van der Waals surface area (Å²) in [5, 5.41) is 2.49. The van der Waals surface area contributed by atoms with Crippen LogP contribution in [0.15, 0.2) is 54.6 Å². The predicted molar refractivity (Wildman–Crippen MR) is 119 cm³/mol. The molecule has 3 rings (SSSR count). The lowest BCUT2D eigenvalue weighted by Gasteiger charge is -2.12. The summed E-state index contributed by atoms with van der Waals surface area (Å²) < 4.78 is 7.09. The van der Waals surface area contributed by atoms with E-state index >= 15 is 0 Å². The molecular formula is C25H26N2O4. The second-order valence-electron chi connectivity index (χ2n) is 7.52. The molecule has 0 unspecified atom stereocenters. The number of aryl methyl sites for hydroxylation is 3. The minimum absolute atomic E-state index is 0.286. The van der Waals surface area contributed by atoms with Crippen LogP contribution in [0.3, 0.4) is 0 Å². The van der Waals surface area contributed by atoms with E-state index in [1.807, 2.05) is 24.5 Å². The number of benzene rings is 2. The van der Waals surface area contributed by atoms with Crippen LogP contribution >= 0.6 is 0 Å². The Morgan fingerprint density at radius 3 is 2.29 bits per heavy atom. The summed E-state index contributed by atoms with van der Waals surface area (Å²) in [6.45, 7) is 7.23. The van der Waals surface area contributed by atoms with Crippen molar-refractivity contribution in [3.63, 3.8) is 0 Å². The van der Waals surface area contributed by atoms with Gasteiger partial charge in [-0.25, -0.2) is 0 Å². The Hall–Kier alpha value is -3.67. The first-order valence-electron chi connectivity index (χ1n) is 10.1. The van der Waals surface area contributed by atoms with Crippen LogP contribution in [0.25, 0.3) is 5.69 Å². The number of aromatic nitrogens is 1. The minimum Gasteiger partial charge on any atom is -0.456 e. The van der Waals surface area contributed by atoms with Gasteiger partial charge < -0.3 is 14.6 Å².